The summed E-state index contributed by atoms with van der Waals surface area (Å²) in [5, 5.41) is 2.92. The molecule has 1 aliphatic rings. The molecule has 1 amide bonds. The van der Waals surface area contributed by atoms with Gasteiger partial charge in [-0.2, -0.15) is 0 Å². The van der Waals surface area contributed by atoms with Gasteiger partial charge in [-0.25, -0.2) is 0 Å². The van der Waals surface area contributed by atoms with Gasteiger partial charge in [0.15, 0.2) is 5.75 Å². The molecule has 2 aromatic carbocycles. The second-order valence-corrected chi connectivity index (χ2v) is 5.63. The fourth-order valence-corrected chi connectivity index (χ4v) is 2.48. The molecule has 0 aromatic heterocycles. The Morgan fingerprint density at radius 3 is 2.55 bits per heavy atom. The molecule has 1 aliphatic heterocycles. The number of rotatable bonds is 1. The van der Waals surface area contributed by atoms with Crippen molar-refractivity contribution in [3.05, 3.63) is 48.5 Å². The van der Waals surface area contributed by atoms with Gasteiger partial charge in [0.25, 0.3) is 0 Å². The molecule has 20 heavy (non-hydrogen) atoms. The lowest BCUT2D eigenvalue weighted by Crippen LogP contribution is -2.31. The Balaban J connectivity index is 2.16. The van der Waals surface area contributed by atoms with Gasteiger partial charge in [0, 0.05) is 5.56 Å². The molecule has 0 saturated heterocycles. The highest BCUT2D eigenvalue weighted by Crippen LogP contribution is 2.40. The first-order valence-corrected chi connectivity index (χ1v) is 6.72. The van der Waals surface area contributed by atoms with Crippen LogP contribution in [0.5, 0.6) is 5.75 Å². The summed E-state index contributed by atoms with van der Waals surface area (Å²) in [5.74, 6) is 0.730. The van der Waals surface area contributed by atoms with Crippen LogP contribution in [0, 0.1) is 0 Å². The number of hydrogen-bond acceptors (Lipinski definition) is 2. The van der Waals surface area contributed by atoms with Gasteiger partial charge in [-0.05, 0) is 25.5 Å². The first-order chi connectivity index (χ1) is 9.55. The molecule has 0 radical (unpaired) electrons. The number of amides is 1. The maximum atomic E-state index is 11.9. The van der Waals surface area contributed by atoms with Crippen molar-refractivity contribution in [1.82, 2.24) is 0 Å². The molecular weight excluding hydrogens is 250 g/mol. The summed E-state index contributed by atoms with van der Waals surface area (Å²) in [7, 11) is 0. The van der Waals surface area contributed by atoms with Crippen molar-refractivity contribution in [2.75, 3.05) is 5.32 Å². The molecule has 3 heteroatoms. The molecule has 0 saturated carbocycles. The molecule has 3 nitrogen and oxygen atoms in total. The van der Waals surface area contributed by atoms with Crippen LogP contribution in [0.25, 0.3) is 11.1 Å². The van der Waals surface area contributed by atoms with Gasteiger partial charge < -0.3 is 10.1 Å². The summed E-state index contributed by atoms with van der Waals surface area (Å²) in [5.41, 5.74) is 2.30. The van der Waals surface area contributed by atoms with E-state index in [0.29, 0.717) is 6.42 Å². The van der Waals surface area contributed by atoms with Crippen molar-refractivity contribution in [2.24, 2.45) is 0 Å². The lowest BCUT2D eigenvalue weighted by atomic mass is 10.0. The lowest BCUT2D eigenvalue weighted by molar-refractivity contribution is -0.118. The fourth-order valence-electron chi connectivity index (χ4n) is 2.48. The first kappa shape index (κ1) is 12.7. The lowest BCUT2D eigenvalue weighted by Gasteiger charge is -2.24. The summed E-state index contributed by atoms with van der Waals surface area (Å²) in [6, 6.07) is 15.9. The monoisotopic (exact) mass is 267 g/mol. The zero-order chi connectivity index (χ0) is 14.2. The Hall–Kier alpha value is -2.29. The Morgan fingerprint density at radius 2 is 1.80 bits per heavy atom. The number of carbonyl (C=O) groups excluding carboxylic acids is 1. The molecular formula is C17H17NO2. The maximum Gasteiger partial charge on any atom is 0.228 e. The molecule has 0 unspecified atom stereocenters. The van der Waals surface area contributed by atoms with E-state index >= 15 is 0 Å². The number of hydrogen-bond donors (Lipinski definition) is 1. The van der Waals surface area contributed by atoms with E-state index in [4.69, 9.17) is 4.74 Å². The Morgan fingerprint density at radius 1 is 1.05 bits per heavy atom. The van der Waals surface area contributed by atoms with Gasteiger partial charge in [0.1, 0.15) is 5.60 Å². The van der Waals surface area contributed by atoms with Crippen LogP contribution in [-0.2, 0) is 4.79 Å². The van der Waals surface area contributed by atoms with Crippen molar-refractivity contribution in [2.45, 2.75) is 25.9 Å². The normalized spacial score (nSPS) is 16.6. The Bertz CT molecular complexity index is 647. The minimum absolute atomic E-state index is 0.0149. The summed E-state index contributed by atoms with van der Waals surface area (Å²) < 4.78 is 6.12. The van der Waals surface area contributed by atoms with E-state index in [1.54, 1.807) is 0 Å². The van der Waals surface area contributed by atoms with E-state index in [-0.39, 0.29) is 5.91 Å². The van der Waals surface area contributed by atoms with Crippen LogP contribution in [-0.4, -0.2) is 11.5 Å². The quantitative estimate of drug-likeness (QED) is 0.852. The predicted molar refractivity (Wildman–Crippen MR) is 79.8 cm³/mol. The number of para-hydroxylation sites is 1. The summed E-state index contributed by atoms with van der Waals surface area (Å²) >= 11 is 0. The van der Waals surface area contributed by atoms with E-state index in [0.717, 1.165) is 22.6 Å². The maximum absolute atomic E-state index is 11.9. The van der Waals surface area contributed by atoms with Gasteiger partial charge >= 0.3 is 0 Å². The number of benzene rings is 2. The zero-order valence-corrected chi connectivity index (χ0v) is 11.6. The van der Waals surface area contributed by atoms with Crippen molar-refractivity contribution >= 4 is 11.6 Å². The van der Waals surface area contributed by atoms with E-state index in [1.165, 1.54) is 0 Å². The largest absolute Gasteiger partial charge is 0.484 e. The first-order valence-electron chi connectivity index (χ1n) is 6.72. The molecule has 3 rings (SSSR count). The Kier molecular flexibility index (Phi) is 2.97. The molecule has 1 N–H and O–H groups in total. The van der Waals surface area contributed by atoms with Crippen LogP contribution in [0.1, 0.15) is 20.3 Å². The average molecular weight is 267 g/mol. The number of fused-ring (bicyclic) bond motifs is 1. The standard InChI is InChI=1S/C17H17NO2/c1-17(2)11-15(19)18-14-10-6-9-13(16(14)20-17)12-7-4-3-5-8-12/h3-10H,11H2,1-2H3,(H,18,19). The highest BCUT2D eigenvalue weighted by Gasteiger charge is 2.30. The SMILES string of the molecule is CC1(C)CC(=O)Nc2cccc(-c3ccccc3)c2O1. The number of nitrogens with one attached hydrogen (secondary N) is 1. The highest BCUT2D eigenvalue weighted by molar-refractivity contribution is 5.96. The average Bonchev–Trinajstić information content (AvgIpc) is 2.52. The van der Waals surface area contributed by atoms with Gasteiger partial charge in [-0.3, -0.25) is 4.79 Å². The van der Waals surface area contributed by atoms with Gasteiger partial charge in [0.2, 0.25) is 5.91 Å². The molecule has 0 atom stereocenters. The van der Waals surface area contributed by atoms with Crippen LogP contribution >= 0.6 is 0 Å². The van der Waals surface area contributed by atoms with Crippen LogP contribution in [0.4, 0.5) is 5.69 Å². The van der Waals surface area contributed by atoms with E-state index < -0.39 is 5.60 Å². The van der Waals surface area contributed by atoms with Crippen LogP contribution in [0.2, 0.25) is 0 Å². The van der Waals surface area contributed by atoms with E-state index in [2.05, 4.69) is 5.32 Å². The van der Waals surface area contributed by atoms with Crippen molar-refractivity contribution < 1.29 is 9.53 Å². The van der Waals surface area contributed by atoms with Gasteiger partial charge in [-0.1, -0.05) is 42.5 Å². The van der Waals surface area contributed by atoms with Crippen LogP contribution < -0.4 is 10.1 Å². The smallest absolute Gasteiger partial charge is 0.228 e. The number of carbonyl (C=O) groups is 1. The van der Waals surface area contributed by atoms with E-state index in [1.807, 2.05) is 62.4 Å². The second-order valence-electron chi connectivity index (χ2n) is 5.63. The van der Waals surface area contributed by atoms with E-state index in [9.17, 15) is 4.79 Å². The van der Waals surface area contributed by atoms with Crippen LogP contribution in [0.3, 0.4) is 0 Å². The second kappa shape index (κ2) is 4.67. The minimum Gasteiger partial charge on any atom is -0.484 e. The molecule has 2 aromatic rings. The van der Waals surface area contributed by atoms with Crippen molar-refractivity contribution in [3.63, 3.8) is 0 Å². The number of anilines is 1. The number of ether oxygens (including phenoxy) is 1. The molecule has 0 fully saturated rings. The third-order valence-corrected chi connectivity index (χ3v) is 3.34. The zero-order valence-electron chi connectivity index (χ0n) is 11.6. The topological polar surface area (TPSA) is 38.3 Å². The summed E-state index contributed by atoms with van der Waals surface area (Å²) in [4.78, 5) is 11.9. The van der Waals surface area contributed by atoms with Gasteiger partial charge in [0.05, 0.1) is 12.1 Å². The highest BCUT2D eigenvalue weighted by atomic mass is 16.5. The minimum atomic E-state index is -0.514. The predicted octanol–water partition coefficient (Wildman–Crippen LogP) is 3.85. The Labute approximate surface area is 118 Å². The third kappa shape index (κ3) is 2.39. The van der Waals surface area contributed by atoms with Crippen molar-refractivity contribution in [3.8, 4) is 16.9 Å². The van der Waals surface area contributed by atoms with Crippen molar-refractivity contribution in [1.29, 1.82) is 0 Å². The molecule has 1 heterocycles. The summed E-state index contributed by atoms with van der Waals surface area (Å²) in [6.07, 6.45) is 0.343. The van der Waals surface area contributed by atoms with Crippen LogP contribution in [0.15, 0.2) is 48.5 Å². The molecule has 0 aliphatic carbocycles. The summed E-state index contributed by atoms with van der Waals surface area (Å²) in [6.45, 7) is 3.87. The molecule has 0 spiro atoms. The fraction of sp³-hybridized carbons (Fsp3) is 0.235. The van der Waals surface area contributed by atoms with Gasteiger partial charge in [-0.15, -0.1) is 0 Å². The third-order valence-electron chi connectivity index (χ3n) is 3.34. The molecule has 102 valence electrons. The molecule has 0 bridgehead atoms.